The first kappa shape index (κ1) is 20.4. The van der Waals surface area contributed by atoms with E-state index < -0.39 is 0 Å². The fourth-order valence-corrected chi connectivity index (χ4v) is 2.61. The number of carbonyl (C=O) groups excluding carboxylic acids is 1. The van der Waals surface area contributed by atoms with Gasteiger partial charge >= 0.3 is 0 Å². The lowest BCUT2D eigenvalue weighted by Crippen LogP contribution is -2.43. The van der Waals surface area contributed by atoms with Gasteiger partial charge in [0.2, 0.25) is 5.91 Å². The van der Waals surface area contributed by atoms with Crippen LogP contribution >= 0.6 is 12.2 Å². The van der Waals surface area contributed by atoms with E-state index in [1.807, 2.05) is 0 Å². The summed E-state index contributed by atoms with van der Waals surface area (Å²) in [7, 11) is 0. The van der Waals surface area contributed by atoms with E-state index in [2.05, 4.69) is 19.2 Å². The van der Waals surface area contributed by atoms with Crippen molar-refractivity contribution in [2.75, 3.05) is 0 Å². The SMILES string of the molecule is CCCCCCCCCCCC(=O)NC(CCC)C(N)=S. The summed E-state index contributed by atoms with van der Waals surface area (Å²) in [6, 6.07) is -0.129. The minimum absolute atomic E-state index is 0.0872. The van der Waals surface area contributed by atoms with Crippen LogP contribution in [-0.4, -0.2) is 16.9 Å². The Bertz CT molecular complexity index is 282. The number of nitrogens with one attached hydrogen (secondary N) is 1. The third kappa shape index (κ3) is 12.8. The molecule has 0 bridgehead atoms. The van der Waals surface area contributed by atoms with Gasteiger partial charge in [0.15, 0.2) is 0 Å². The highest BCUT2D eigenvalue weighted by molar-refractivity contribution is 7.80. The van der Waals surface area contributed by atoms with Crippen LogP contribution in [0.25, 0.3) is 0 Å². The Morgan fingerprint density at radius 1 is 0.952 bits per heavy atom. The summed E-state index contributed by atoms with van der Waals surface area (Å²) >= 11 is 4.98. The molecule has 0 aliphatic carbocycles. The Morgan fingerprint density at radius 2 is 1.48 bits per heavy atom. The van der Waals surface area contributed by atoms with Crippen molar-refractivity contribution in [1.82, 2.24) is 5.32 Å². The summed E-state index contributed by atoms with van der Waals surface area (Å²) in [6.07, 6.45) is 13.8. The molecule has 0 rings (SSSR count). The van der Waals surface area contributed by atoms with Crippen LogP contribution in [0, 0.1) is 0 Å². The fourth-order valence-electron chi connectivity index (χ4n) is 2.44. The van der Waals surface area contributed by atoms with Crippen LogP contribution in [0.4, 0.5) is 0 Å². The molecule has 1 amide bonds. The van der Waals surface area contributed by atoms with Gasteiger partial charge in [0.1, 0.15) is 0 Å². The molecule has 0 saturated carbocycles. The zero-order chi connectivity index (χ0) is 15.9. The molecule has 0 spiro atoms. The maximum absolute atomic E-state index is 11.8. The molecule has 124 valence electrons. The summed E-state index contributed by atoms with van der Waals surface area (Å²) in [5.74, 6) is 0.0872. The molecular formula is C17H34N2OS. The van der Waals surface area contributed by atoms with Crippen molar-refractivity contribution in [3.8, 4) is 0 Å². The molecule has 0 aromatic heterocycles. The maximum Gasteiger partial charge on any atom is 0.220 e. The molecule has 1 unspecified atom stereocenters. The van der Waals surface area contributed by atoms with Crippen molar-refractivity contribution < 1.29 is 4.79 Å². The Morgan fingerprint density at radius 3 is 1.95 bits per heavy atom. The summed E-state index contributed by atoms with van der Waals surface area (Å²) in [6.45, 7) is 4.31. The lowest BCUT2D eigenvalue weighted by atomic mass is 10.1. The first-order valence-corrected chi connectivity index (χ1v) is 9.11. The van der Waals surface area contributed by atoms with Crippen molar-refractivity contribution in [3.05, 3.63) is 0 Å². The third-order valence-electron chi connectivity index (χ3n) is 3.76. The molecule has 0 fully saturated rings. The number of carbonyl (C=O) groups is 1. The second-order valence-corrected chi connectivity index (χ2v) is 6.36. The summed E-state index contributed by atoms with van der Waals surface area (Å²) < 4.78 is 0. The van der Waals surface area contributed by atoms with E-state index in [1.54, 1.807) is 0 Å². The molecule has 4 heteroatoms. The van der Waals surface area contributed by atoms with Crippen molar-refractivity contribution >= 4 is 23.1 Å². The van der Waals surface area contributed by atoms with Crippen molar-refractivity contribution in [2.24, 2.45) is 5.73 Å². The van der Waals surface area contributed by atoms with Gasteiger partial charge < -0.3 is 11.1 Å². The van der Waals surface area contributed by atoms with E-state index in [9.17, 15) is 4.79 Å². The van der Waals surface area contributed by atoms with Gasteiger partial charge in [-0.25, -0.2) is 0 Å². The minimum Gasteiger partial charge on any atom is -0.392 e. The predicted octanol–water partition coefficient (Wildman–Crippen LogP) is 4.48. The van der Waals surface area contributed by atoms with Gasteiger partial charge in [-0.2, -0.15) is 0 Å². The lowest BCUT2D eigenvalue weighted by Gasteiger charge is -2.16. The summed E-state index contributed by atoms with van der Waals surface area (Å²) in [4.78, 5) is 12.2. The Hall–Kier alpha value is -0.640. The van der Waals surface area contributed by atoms with Crippen LogP contribution in [0.5, 0.6) is 0 Å². The van der Waals surface area contributed by atoms with Crippen molar-refractivity contribution in [3.63, 3.8) is 0 Å². The quantitative estimate of drug-likeness (QED) is 0.367. The third-order valence-corrected chi connectivity index (χ3v) is 4.05. The number of unbranched alkanes of at least 4 members (excludes halogenated alkanes) is 8. The van der Waals surface area contributed by atoms with Crippen LogP contribution in [0.2, 0.25) is 0 Å². The molecule has 21 heavy (non-hydrogen) atoms. The highest BCUT2D eigenvalue weighted by atomic mass is 32.1. The van der Waals surface area contributed by atoms with Gasteiger partial charge in [0, 0.05) is 6.42 Å². The first-order valence-electron chi connectivity index (χ1n) is 8.70. The smallest absolute Gasteiger partial charge is 0.220 e. The molecule has 3 nitrogen and oxygen atoms in total. The molecule has 0 radical (unpaired) electrons. The van der Waals surface area contributed by atoms with Crippen molar-refractivity contribution in [2.45, 2.75) is 96.9 Å². The molecule has 0 aliphatic heterocycles. The second-order valence-electron chi connectivity index (χ2n) is 5.89. The first-order chi connectivity index (χ1) is 10.1. The van der Waals surface area contributed by atoms with Gasteiger partial charge in [-0.05, 0) is 12.8 Å². The molecule has 3 N–H and O–H groups in total. The number of rotatable bonds is 14. The standard InChI is InChI=1S/C17H34N2OS/c1-3-5-6-7-8-9-10-11-12-14-16(20)19-15(13-4-2)17(18)21/h15H,3-14H2,1-2H3,(H2,18,21)(H,19,20). The molecule has 0 saturated heterocycles. The van der Waals surface area contributed by atoms with E-state index >= 15 is 0 Å². The molecule has 0 aromatic carbocycles. The topological polar surface area (TPSA) is 55.1 Å². The van der Waals surface area contributed by atoms with Crippen LogP contribution in [0.3, 0.4) is 0 Å². The fraction of sp³-hybridized carbons (Fsp3) is 0.882. The zero-order valence-electron chi connectivity index (χ0n) is 14.0. The van der Waals surface area contributed by atoms with Gasteiger partial charge in [-0.3, -0.25) is 4.79 Å². The number of amides is 1. The summed E-state index contributed by atoms with van der Waals surface area (Å²) in [5, 5.41) is 2.94. The van der Waals surface area contributed by atoms with Gasteiger partial charge in [-0.15, -0.1) is 0 Å². The number of nitrogens with two attached hydrogens (primary N) is 1. The average molecular weight is 315 g/mol. The monoisotopic (exact) mass is 314 g/mol. The molecule has 0 heterocycles. The molecule has 1 atom stereocenters. The Balaban J connectivity index is 3.50. The van der Waals surface area contributed by atoms with Crippen LogP contribution in [-0.2, 0) is 4.79 Å². The van der Waals surface area contributed by atoms with E-state index in [-0.39, 0.29) is 11.9 Å². The Kier molecular flexibility index (Phi) is 13.9. The van der Waals surface area contributed by atoms with E-state index in [1.165, 1.54) is 44.9 Å². The maximum atomic E-state index is 11.8. The van der Waals surface area contributed by atoms with Gasteiger partial charge in [-0.1, -0.05) is 83.9 Å². The van der Waals surface area contributed by atoms with Crippen molar-refractivity contribution in [1.29, 1.82) is 0 Å². The van der Waals surface area contributed by atoms with E-state index in [0.717, 1.165) is 25.7 Å². The van der Waals surface area contributed by atoms with E-state index in [0.29, 0.717) is 11.4 Å². The summed E-state index contributed by atoms with van der Waals surface area (Å²) in [5.41, 5.74) is 5.63. The van der Waals surface area contributed by atoms with Crippen LogP contribution < -0.4 is 11.1 Å². The van der Waals surface area contributed by atoms with Crippen LogP contribution in [0.1, 0.15) is 90.9 Å². The average Bonchev–Trinajstić information content (AvgIpc) is 2.45. The van der Waals surface area contributed by atoms with E-state index in [4.69, 9.17) is 18.0 Å². The normalized spacial score (nSPS) is 12.1. The highest BCUT2D eigenvalue weighted by Gasteiger charge is 2.13. The Labute approximate surface area is 136 Å². The highest BCUT2D eigenvalue weighted by Crippen LogP contribution is 2.10. The minimum atomic E-state index is -0.129. The number of hydrogen-bond donors (Lipinski definition) is 2. The molecule has 0 aromatic rings. The molecule has 0 aliphatic rings. The second kappa shape index (κ2) is 14.3. The van der Waals surface area contributed by atoms with Gasteiger partial charge in [0.25, 0.3) is 0 Å². The number of hydrogen-bond acceptors (Lipinski definition) is 2. The molecular weight excluding hydrogens is 280 g/mol. The lowest BCUT2D eigenvalue weighted by molar-refractivity contribution is -0.121. The number of thiocarbonyl (C=S) groups is 1. The van der Waals surface area contributed by atoms with Gasteiger partial charge in [0.05, 0.1) is 11.0 Å². The largest absolute Gasteiger partial charge is 0.392 e. The zero-order valence-corrected chi connectivity index (χ0v) is 14.8. The van der Waals surface area contributed by atoms with Crippen LogP contribution in [0.15, 0.2) is 0 Å². The predicted molar refractivity (Wildman–Crippen MR) is 95.5 cm³/mol.